The molecule has 0 aromatic heterocycles. The number of rotatable bonds is 3. The van der Waals surface area contributed by atoms with Crippen molar-refractivity contribution in [3.8, 4) is 5.75 Å². The van der Waals surface area contributed by atoms with Gasteiger partial charge in [-0.25, -0.2) is 0 Å². The first-order chi connectivity index (χ1) is 8.83. The summed E-state index contributed by atoms with van der Waals surface area (Å²) < 4.78 is 5.16. The lowest BCUT2D eigenvalue weighted by atomic mass is 10.0. The first-order valence-electron chi connectivity index (χ1n) is 6.89. The van der Waals surface area contributed by atoms with Crippen molar-refractivity contribution >= 4 is 5.69 Å². The molecular formula is C15H26N2O. The number of ether oxygens (including phenoxy) is 1. The average Bonchev–Trinajstić information content (AvgIpc) is 2.49. The summed E-state index contributed by atoms with van der Waals surface area (Å²) in [6, 6.07) is 9.02. The van der Waals surface area contributed by atoms with Crippen LogP contribution in [0.3, 0.4) is 0 Å². The highest BCUT2D eigenvalue weighted by molar-refractivity contribution is 5.49. The molecule has 0 spiro atoms. The maximum Gasteiger partial charge on any atom is 0.119 e. The quantitative estimate of drug-likeness (QED) is 0.892. The third-order valence-electron chi connectivity index (χ3n) is 3.34. The molecule has 0 unspecified atom stereocenters. The van der Waals surface area contributed by atoms with Crippen molar-refractivity contribution in [2.45, 2.75) is 32.7 Å². The second-order valence-electron chi connectivity index (χ2n) is 4.25. The van der Waals surface area contributed by atoms with Crippen LogP contribution in [0.1, 0.15) is 26.7 Å². The standard InChI is InChI=1S/C13H20N2O.C2H6/c1-14-11-7-9-15(10-8-11)12-3-5-13(16-2)6-4-12;1-2/h3-6,11,14H,7-10H2,1-2H3;1-2H3. The number of anilines is 1. The van der Waals surface area contributed by atoms with Gasteiger partial charge >= 0.3 is 0 Å². The van der Waals surface area contributed by atoms with E-state index in [9.17, 15) is 0 Å². The monoisotopic (exact) mass is 250 g/mol. The van der Waals surface area contributed by atoms with Crippen LogP contribution in [-0.2, 0) is 0 Å². The summed E-state index contributed by atoms with van der Waals surface area (Å²) in [5.74, 6) is 0.925. The van der Waals surface area contributed by atoms with Gasteiger partial charge in [-0.05, 0) is 44.2 Å². The predicted molar refractivity (Wildman–Crippen MR) is 78.6 cm³/mol. The van der Waals surface area contributed by atoms with Crippen LogP contribution in [0.25, 0.3) is 0 Å². The van der Waals surface area contributed by atoms with Gasteiger partial charge in [0.2, 0.25) is 0 Å². The van der Waals surface area contributed by atoms with E-state index in [0.29, 0.717) is 6.04 Å². The van der Waals surface area contributed by atoms with Gasteiger partial charge in [0.25, 0.3) is 0 Å². The van der Waals surface area contributed by atoms with Crippen molar-refractivity contribution in [1.29, 1.82) is 0 Å². The maximum atomic E-state index is 5.16. The molecule has 1 aromatic carbocycles. The molecule has 0 radical (unpaired) electrons. The molecule has 3 nitrogen and oxygen atoms in total. The van der Waals surface area contributed by atoms with Crippen LogP contribution in [0.15, 0.2) is 24.3 Å². The number of nitrogens with one attached hydrogen (secondary N) is 1. The zero-order valence-corrected chi connectivity index (χ0v) is 12.1. The van der Waals surface area contributed by atoms with E-state index in [1.807, 2.05) is 33.0 Å². The molecule has 18 heavy (non-hydrogen) atoms. The second-order valence-corrected chi connectivity index (χ2v) is 4.25. The van der Waals surface area contributed by atoms with Crippen molar-refractivity contribution in [3.05, 3.63) is 24.3 Å². The molecule has 1 saturated heterocycles. The Morgan fingerprint density at radius 3 is 2.11 bits per heavy atom. The van der Waals surface area contributed by atoms with E-state index < -0.39 is 0 Å². The molecule has 0 atom stereocenters. The first kappa shape index (κ1) is 14.8. The van der Waals surface area contributed by atoms with Crippen LogP contribution >= 0.6 is 0 Å². The van der Waals surface area contributed by atoms with E-state index in [2.05, 4.69) is 22.3 Å². The van der Waals surface area contributed by atoms with Gasteiger partial charge in [-0.1, -0.05) is 13.8 Å². The highest BCUT2D eigenvalue weighted by Crippen LogP contribution is 2.22. The second kappa shape index (κ2) is 7.98. The van der Waals surface area contributed by atoms with E-state index in [0.717, 1.165) is 18.8 Å². The van der Waals surface area contributed by atoms with Crippen molar-refractivity contribution in [2.75, 3.05) is 32.1 Å². The van der Waals surface area contributed by atoms with Crippen LogP contribution in [0.5, 0.6) is 5.75 Å². The molecule has 1 aromatic rings. The Balaban J connectivity index is 0.000000771. The fourth-order valence-corrected chi connectivity index (χ4v) is 2.22. The molecule has 1 heterocycles. The summed E-state index contributed by atoms with van der Waals surface area (Å²) in [5.41, 5.74) is 1.30. The van der Waals surface area contributed by atoms with Gasteiger partial charge in [0.15, 0.2) is 0 Å². The molecule has 1 fully saturated rings. The normalized spacial score (nSPS) is 15.9. The lowest BCUT2D eigenvalue weighted by molar-refractivity contribution is 0.414. The lowest BCUT2D eigenvalue weighted by Crippen LogP contribution is -2.41. The van der Waals surface area contributed by atoms with Gasteiger partial charge in [0.05, 0.1) is 7.11 Å². The van der Waals surface area contributed by atoms with Crippen LogP contribution < -0.4 is 15.0 Å². The summed E-state index contributed by atoms with van der Waals surface area (Å²) in [5, 5.41) is 3.35. The minimum Gasteiger partial charge on any atom is -0.497 e. The van der Waals surface area contributed by atoms with E-state index in [4.69, 9.17) is 4.74 Å². The average molecular weight is 250 g/mol. The van der Waals surface area contributed by atoms with Crippen LogP contribution in [0.4, 0.5) is 5.69 Å². The van der Waals surface area contributed by atoms with Gasteiger partial charge in [-0.2, -0.15) is 0 Å². The van der Waals surface area contributed by atoms with Gasteiger partial charge in [-0.15, -0.1) is 0 Å². The smallest absolute Gasteiger partial charge is 0.119 e. The minimum absolute atomic E-state index is 0.689. The van der Waals surface area contributed by atoms with E-state index >= 15 is 0 Å². The van der Waals surface area contributed by atoms with E-state index in [1.165, 1.54) is 18.5 Å². The molecule has 0 bridgehead atoms. The zero-order chi connectivity index (χ0) is 13.4. The van der Waals surface area contributed by atoms with E-state index in [-0.39, 0.29) is 0 Å². The molecule has 1 aliphatic heterocycles. The molecule has 0 aliphatic carbocycles. The molecule has 0 saturated carbocycles. The molecule has 102 valence electrons. The molecule has 1 aliphatic rings. The van der Waals surface area contributed by atoms with Crippen molar-refractivity contribution in [1.82, 2.24) is 5.32 Å². The summed E-state index contributed by atoms with van der Waals surface area (Å²) >= 11 is 0. The fraction of sp³-hybridized carbons (Fsp3) is 0.600. The summed E-state index contributed by atoms with van der Waals surface area (Å²) in [6.07, 6.45) is 2.45. The van der Waals surface area contributed by atoms with Crippen LogP contribution in [-0.4, -0.2) is 33.3 Å². The first-order valence-corrected chi connectivity index (χ1v) is 6.89. The number of nitrogens with zero attached hydrogens (tertiary/aromatic N) is 1. The molecule has 2 rings (SSSR count). The Labute approximate surface area is 111 Å². The van der Waals surface area contributed by atoms with E-state index in [1.54, 1.807) is 7.11 Å². The van der Waals surface area contributed by atoms with Crippen LogP contribution in [0.2, 0.25) is 0 Å². The summed E-state index contributed by atoms with van der Waals surface area (Å²) in [7, 11) is 3.75. The van der Waals surface area contributed by atoms with Crippen LogP contribution in [0, 0.1) is 0 Å². The number of hydrogen-bond acceptors (Lipinski definition) is 3. The zero-order valence-electron chi connectivity index (χ0n) is 12.1. The Morgan fingerprint density at radius 2 is 1.67 bits per heavy atom. The topological polar surface area (TPSA) is 24.5 Å². The number of hydrogen-bond donors (Lipinski definition) is 1. The maximum absolute atomic E-state index is 5.16. The minimum atomic E-state index is 0.689. The molecular weight excluding hydrogens is 224 g/mol. The Morgan fingerprint density at radius 1 is 1.11 bits per heavy atom. The third kappa shape index (κ3) is 3.91. The van der Waals surface area contributed by atoms with Gasteiger partial charge in [0, 0.05) is 24.8 Å². The number of methoxy groups -OCH3 is 1. The number of piperidine rings is 1. The highest BCUT2D eigenvalue weighted by Gasteiger charge is 2.17. The predicted octanol–water partition coefficient (Wildman–Crippen LogP) is 2.91. The fourth-order valence-electron chi connectivity index (χ4n) is 2.22. The third-order valence-corrected chi connectivity index (χ3v) is 3.34. The van der Waals surface area contributed by atoms with Crippen molar-refractivity contribution < 1.29 is 4.74 Å². The van der Waals surface area contributed by atoms with Gasteiger partial charge in [-0.3, -0.25) is 0 Å². The largest absolute Gasteiger partial charge is 0.497 e. The summed E-state index contributed by atoms with van der Waals surface area (Å²) in [6.45, 7) is 6.27. The summed E-state index contributed by atoms with van der Waals surface area (Å²) in [4.78, 5) is 2.44. The molecule has 1 N–H and O–H groups in total. The molecule has 3 heteroatoms. The lowest BCUT2D eigenvalue weighted by Gasteiger charge is -2.33. The van der Waals surface area contributed by atoms with Gasteiger partial charge in [0.1, 0.15) is 5.75 Å². The SMILES string of the molecule is CC.CNC1CCN(c2ccc(OC)cc2)CC1. The number of benzene rings is 1. The van der Waals surface area contributed by atoms with Crippen molar-refractivity contribution in [3.63, 3.8) is 0 Å². The Hall–Kier alpha value is -1.22. The highest BCUT2D eigenvalue weighted by atomic mass is 16.5. The van der Waals surface area contributed by atoms with Gasteiger partial charge < -0.3 is 15.0 Å². The Kier molecular flexibility index (Phi) is 6.58. The molecule has 0 amide bonds. The van der Waals surface area contributed by atoms with Crippen molar-refractivity contribution in [2.24, 2.45) is 0 Å². The Bertz CT molecular complexity index is 316.